The van der Waals surface area contributed by atoms with Crippen LogP contribution < -0.4 is 5.32 Å². The molecule has 0 bridgehead atoms. The Morgan fingerprint density at radius 2 is 1.65 bits per heavy atom. The highest BCUT2D eigenvalue weighted by Gasteiger charge is 2.64. The number of aliphatic hydroxyl groups excluding tert-OH is 1. The number of carbonyl (C=O) groups is 1. The normalized spacial score (nSPS) is 20.4. The van der Waals surface area contributed by atoms with Crippen LogP contribution in [0.1, 0.15) is 25.7 Å². The fourth-order valence-electron chi connectivity index (χ4n) is 1.82. The monoisotopic (exact) mass is 261 g/mol. The van der Waals surface area contributed by atoms with Gasteiger partial charge in [0.1, 0.15) is 0 Å². The summed E-state index contributed by atoms with van der Waals surface area (Å²) in [6.07, 6.45) is -4.39. The maximum absolute atomic E-state index is 12.7. The number of amides is 1. The molecule has 0 aromatic heterocycles. The molecule has 1 amide bonds. The Balaban J connectivity index is 2.78. The van der Waals surface area contributed by atoms with Crippen molar-refractivity contribution in [3.8, 4) is 0 Å². The van der Waals surface area contributed by atoms with Gasteiger partial charge < -0.3 is 10.4 Å². The third-order valence-corrected chi connectivity index (χ3v) is 2.88. The summed E-state index contributed by atoms with van der Waals surface area (Å²) in [7, 11) is 0. The number of alkyl halides is 5. The molecular formula is C9H12F5NO2. The number of hydrogen-bond acceptors (Lipinski definition) is 2. The molecule has 1 rings (SSSR count). The summed E-state index contributed by atoms with van der Waals surface area (Å²) in [6, 6.07) is 0. The van der Waals surface area contributed by atoms with Gasteiger partial charge in [-0.3, -0.25) is 4.79 Å². The molecule has 0 heterocycles. The summed E-state index contributed by atoms with van der Waals surface area (Å²) in [5.74, 6) is -7.83. The van der Waals surface area contributed by atoms with Gasteiger partial charge in [0, 0.05) is 0 Å². The van der Waals surface area contributed by atoms with Gasteiger partial charge in [-0.25, -0.2) is 0 Å². The van der Waals surface area contributed by atoms with Gasteiger partial charge in [0.25, 0.3) is 0 Å². The first-order chi connectivity index (χ1) is 7.65. The van der Waals surface area contributed by atoms with Crippen LogP contribution in [-0.2, 0) is 4.79 Å². The van der Waals surface area contributed by atoms with E-state index in [0.29, 0.717) is 12.8 Å². The fraction of sp³-hybridized carbons (Fsp3) is 0.889. The lowest BCUT2D eigenvalue weighted by atomic mass is 9.98. The van der Waals surface area contributed by atoms with Crippen LogP contribution in [0.2, 0.25) is 0 Å². The summed E-state index contributed by atoms with van der Waals surface area (Å²) in [4.78, 5) is 10.9. The zero-order chi connectivity index (χ0) is 13.3. The van der Waals surface area contributed by atoms with Crippen LogP contribution in [-0.4, -0.2) is 35.3 Å². The molecule has 0 aromatic carbocycles. The van der Waals surface area contributed by atoms with Crippen LogP contribution in [0, 0.1) is 0 Å². The fourth-order valence-corrected chi connectivity index (χ4v) is 1.82. The summed E-state index contributed by atoms with van der Waals surface area (Å²) in [6.45, 7) is -0.646. The average Bonchev–Trinajstić information content (AvgIpc) is 2.65. The Morgan fingerprint density at radius 1 is 1.18 bits per heavy atom. The van der Waals surface area contributed by atoms with Gasteiger partial charge in [0.05, 0.1) is 12.1 Å². The lowest BCUT2D eigenvalue weighted by Gasteiger charge is -2.30. The number of halogens is 5. The highest BCUT2D eigenvalue weighted by atomic mass is 19.4. The number of carbonyl (C=O) groups excluding carboxylic acids is 1. The van der Waals surface area contributed by atoms with E-state index in [1.54, 1.807) is 5.32 Å². The van der Waals surface area contributed by atoms with Crippen molar-refractivity contribution in [3.63, 3.8) is 0 Å². The highest BCUT2D eigenvalue weighted by molar-refractivity contribution is 5.85. The molecule has 0 spiro atoms. The van der Waals surface area contributed by atoms with Crippen molar-refractivity contribution in [2.75, 3.05) is 6.61 Å². The van der Waals surface area contributed by atoms with Crippen molar-refractivity contribution in [2.45, 2.75) is 43.3 Å². The van der Waals surface area contributed by atoms with Gasteiger partial charge in [-0.15, -0.1) is 0 Å². The molecule has 1 aliphatic rings. The molecule has 3 nitrogen and oxygen atoms in total. The first-order valence-corrected chi connectivity index (χ1v) is 5.03. The lowest BCUT2D eigenvalue weighted by molar-refractivity contribution is -0.270. The van der Waals surface area contributed by atoms with Crippen LogP contribution in [0.25, 0.3) is 0 Å². The minimum absolute atomic E-state index is 0.198. The van der Waals surface area contributed by atoms with E-state index < -0.39 is 30.2 Å². The molecular weight excluding hydrogens is 249 g/mol. The van der Waals surface area contributed by atoms with Crippen molar-refractivity contribution in [3.05, 3.63) is 0 Å². The number of rotatable bonds is 3. The average molecular weight is 261 g/mol. The molecule has 2 N–H and O–H groups in total. The van der Waals surface area contributed by atoms with Crippen LogP contribution in [0.5, 0.6) is 0 Å². The second kappa shape index (κ2) is 4.40. The molecule has 1 saturated carbocycles. The van der Waals surface area contributed by atoms with E-state index in [4.69, 9.17) is 5.11 Å². The minimum Gasteiger partial charge on any atom is -0.394 e. The molecule has 0 unspecified atom stereocenters. The van der Waals surface area contributed by atoms with Gasteiger partial charge in [0.15, 0.2) is 0 Å². The van der Waals surface area contributed by atoms with Gasteiger partial charge in [0.2, 0.25) is 0 Å². The predicted molar refractivity (Wildman–Crippen MR) is 47.4 cm³/mol. The standard InChI is InChI=1S/C9H12F5NO2/c10-8(11,9(12,13)14)6(17)15-7(5-16)3-1-2-4-7/h16H,1-5H2,(H,15,17). The van der Waals surface area contributed by atoms with E-state index >= 15 is 0 Å². The second-order valence-electron chi connectivity index (χ2n) is 4.17. The topological polar surface area (TPSA) is 49.3 Å². The largest absolute Gasteiger partial charge is 0.463 e. The summed E-state index contributed by atoms with van der Waals surface area (Å²) >= 11 is 0. The predicted octanol–water partition coefficient (Wildman–Crippen LogP) is 1.61. The van der Waals surface area contributed by atoms with Crippen LogP contribution in [0.15, 0.2) is 0 Å². The first-order valence-electron chi connectivity index (χ1n) is 5.03. The van der Waals surface area contributed by atoms with Gasteiger partial charge in [-0.1, -0.05) is 12.8 Å². The molecule has 0 radical (unpaired) electrons. The number of nitrogens with one attached hydrogen (secondary N) is 1. The van der Waals surface area contributed by atoms with Crippen molar-refractivity contribution in [2.24, 2.45) is 0 Å². The zero-order valence-electron chi connectivity index (χ0n) is 8.78. The quantitative estimate of drug-likeness (QED) is 0.758. The van der Waals surface area contributed by atoms with E-state index in [0.717, 1.165) is 0 Å². The Bertz CT molecular complexity index is 296. The molecule has 1 aliphatic carbocycles. The van der Waals surface area contributed by atoms with Crippen molar-refractivity contribution < 1.29 is 31.9 Å². The highest BCUT2D eigenvalue weighted by Crippen LogP contribution is 2.37. The lowest BCUT2D eigenvalue weighted by Crippen LogP contribution is -2.58. The van der Waals surface area contributed by atoms with E-state index in [9.17, 15) is 26.7 Å². The van der Waals surface area contributed by atoms with Crippen LogP contribution in [0.4, 0.5) is 22.0 Å². The third kappa shape index (κ3) is 2.67. The minimum atomic E-state index is -5.92. The van der Waals surface area contributed by atoms with Gasteiger partial charge in [-0.05, 0) is 12.8 Å². The van der Waals surface area contributed by atoms with E-state index in [2.05, 4.69) is 0 Å². The Morgan fingerprint density at radius 3 is 2.00 bits per heavy atom. The molecule has 100 valence electrons. The summed E-state index contributed by atoms with van der Waals surface area (Å²) in [5, 5.41) is 10.6. The zero-order valence-corrected chi connectivity index (χ0v) is 8.78. The first kappa shape index (κ1) is 14.1. The van der Waals surface area contributed by atoms with Crippen molar-refractivity contribution in [1.29, 1.82) is 0 Å². The Hall–Kier alpha value is -0.920. The molecule has 1 fully saturated rings. The smallest absolute Gasteiger partial charge is 0.394 e. The SMILES string of the molecule is O=C(NC1(CO)CCCC1)C(F)(F)C(F)(F)F. The van der Waals surface area contributed by atoms with E-state index in [-0.39, 0.29) is 12.8 Å². The maximum atomic E-state index is 12.7. The molecule has 0 atom stereocenters. The van der Waals surface area contributed by atoms with Crippen molar-refractivity contribution in [1.82, 2.24) is 5.32 Å². The van der Waals surface area contributed by atoms with E-state index in [1.807, 2.05) is 0 Å². The van der Waals surface area contributed by atoms with Gasteiger partial charge >= 0.3 is 18.0 Å². The number of aliphatic hydroxyl groups is 1. The van der Waals surface area contributed by atoms with Crippen LogP contribution >= 0.6 is 0 Å². The molecule has 8 heteroatoms. The number of hydrogen-bond donors (Lipinski definition) is 2. The van der Waals surface area contributed by atoms with E-state index in [1.165, 1.54) is 0 Å². The maximum Gasteiger partial charge on any atom is 0.463 e. The van der Waals surface area contributed by atoms with Gasteiger partial charge in [-0.2, -0.15) is 22.0 Å². The molecule has 0 aliphatic heterocycles. The van der Waals surface area contributed by atoms with Crippen molar-refractivity contribution >= 4 is 5.91 Å². The molecule has 0 aromatic rings. The Labute approximate surface area is 94.0 Å². The molecule has 17 heavy (non-hydrogen) atoms. The van der Waals surface area contributed by atoms with Crippen LogP contribution in [0.3, 0.4) is 0 Å². The second-order valence-corrected chi connectivity index (χ2v) is 4.17. The summed E-state index contributed by atoms with van der Waals surface area (Å²) < 4.78 is 61.1. The summed E-state index contributed by atoms with van der Waals surface area (Å²) in [5.41, 5.74) is -1.34. The molecule has 0 saturated heterocycles. The third-order valence-electron chi connectivity index (χ3n) is 2.88. The Kier molecular flexibility index (Phi) is 3.66.